The Morgan fingerprint density at radius 3 is 2.50 bits per heavy atom. The van der Waals surface area contributed by atoms with Crippen LogP contribution in [0.2, 0.25) is 0 Å². The van der Waals surface area contributed by atoms with Crippen molar-refractivity contribution in [2.75, 3.05) is 18.5 Å². The molecule has 2 amide bonds. The number of anilines is 1. The molecular formula is C25H32N4O3. The molecule has 0 radical (unpaired) electrons. The lowest BCUT2D eigenvalue weighted by atomic mass is 9.79. The van der Waals surface area contributed by atoms with E-state index in [1.807, 2.05) is 24.3 Å². The number of rotatable bonds is 6. The van der Waals surface area contributed by atoms with Gasteiger partial charge in [0, 0.05) is 18.9 Å². The van der Waals surface area contributed by atoms with Gasteiger partial charge in [-0.1, -0.05) is 38.0 Å². The monoisotopic (exact) mass is 436 g/mol. The second-order valence-electron chi connectivity index (χ2n) is 8.93. The highest BCUT2D eigenvalue weighted by molar-refractivity contribution is 6.00. The normalized spacial score (nSPS) is 22.0. The summed E-state index contributed by atoms with van der Waals surface area (Å²) in [6.07, 6.45) is 8.59. The first kappa shape index (κ1) is 22.3. The van der Waals surface area contributed by atoms with Crippen molar-refractivity contribution in [3.05, 3.63) is 53.9 Å². The quantitative estimate of drug-likeness (QED) is 0.722. The van der Waals surface area contributed by atoms with Crippen molar-refractivity contribution in [1.29, 1.82) is 0 Å². The Morgan fingerprint density at radius 2 is 1.88 bits per heavy atom. The lowest BCUT2D eigenvalue weighted by Crippen LogP contribution is -2.49. The Hall–Kier alpha value is -2.93. The zero-order valence-corrected chi connectivity index (χ0v) is 18.8. The molecular weight excluding hydrogens is 404 g/mol. The van der Waals surface area contributed by atoms with Crippen molar-refractivity contribution >= 4 is 23.1 Å². The first-order chi connectivity index (χ1) is 15.5. The van der Waals surface area contributed by atoms with Gasteiger partial charge in [-0.05, 0) is 60.4 Å². The molecule has 32 heavy (non-hydrogen) atoms. The van der Waals surface area contributed by atoms with Crippen LogP contribution in [0, 0.1) is 11.8 Å². The van der Waals surface area contributed by atoms with Crippen LogP contribution in [-0.4, -0.2) is 40.9 Å². The summed E-state index contributed by atoms with van der Waals surface area (Å²) < 4.78 is 6.91. The van der Waals surface area contributed by atoms with Crippen LogP contribution in [0.1, 0.15) is 55.1 Å². The lowest BCUT2D eigenvalue weighted by molar-refractivity contribution is -0.119. The number of nitrogens with one attached hydrogen (secondary N) is 2. The Bertz CT molecular complexity index is 971. The van der Waals surface area contributed by atoms with Crippen LogP contribution in [0.5, 0.6) is 0 Å². The van der Waals surface area contributed by atoms with Crippen molar-refractivity contribution in [3.63, 3.8) is 0 Å². The fourth-order valence-electron chi connectivity index (χ4n) is 4.61. The van der Waals surface area contributed by atoms with E-state index >= 15 is 0 Å². The molecule has 0 saturated heterocycles. The third kappa shape index (κ3) is 5.27. The molecule has 1 aromatic carbocycles. The van der Waals surface area contributed by atoms with E-state index < -0.39 is 6.04 Å². The predicted octanol–water partition coefficient (Wildman–Crippen LogP) is 3.79. The molecule has 2 heterocycles. The van der Waals surface area contributed by atoms with Gasteiger partial charge in [-0.3, -0.25) is 14.3 Å². The standard InChI is InChI=1S/C25H32N4O3/c1-17-3-5-20(6-4-17)23(28-24(30)22-11-14-26-29(22)2)25(31)27-21-9-7-18(8-10-21)19-12-15-32-16-13-19/h7-12,14,17,20,23H,3-6,13,15-16H2,1-2H3,(H,27,31)(H,28,30)/t17-,20-,23-/m0/s1. The molecule has 1 fully saturated rings. The van der Waals surface area contributed by atoms with E-state index in [-0.39, 0.29) is 17.7 Å². The number of nitrogens with zero attached hydrogens (tertiary/aromatic N) is 2. The van der Waals surface area contributed by atoms with Crippen molar-refractivity contribution in [2.45, 2.75) is 45.1 Å². The third-order valence-electron chi connectivity index (χ3n) is 6.64. The topological polar surface area (TPSA) is 85.2 Å². The number of aromatic nitrogens is 2. The summed E-state index contributed by atoms with van der Waals surface area (Å²) in [6.45, 7) is 3.63. The molecule has 2 N–H and O–H groups in total. The number of hydrogen-bond acceptors (Lipinski definition) is 4. The number of ether oxygens (including phenoxy) is 1. The summed E-state index contributed by atoms with van der Waals surface area (Å²) in [4.78, 5) is 26.1. The molecule has 7 heteroatoms. The minimum absolute atomic E-state index is 0.120. The Labute approximate surface area is 189 Å². The van der Waals surface area contributed by atoms with Gasteiger partial charge < -0.3 is 15.4 Å². The summed E-state index contributed by atoms with van der Waals surface area (Å²) in [5.41, 5.74) is 3.59. The summed E-state index contributed by atoms with van der Waals surface area (Å²) in [6, 6.07) is 8.98. The van der Waals surface area contributed by atoms with Crippen LogP contribution in [0.25, 0.3) is 5.57 Å². The fraction of sp³-hybridized carbons (Fsp3) is 0.480. The van der Waals surface area contributed by atoms with Crippen LogP contribution in [-0.2, 0) is 16.6 Å². The second-order valence-corrected chi connectivity index (χ2v) is 8.93. The molecule has 1 aliphatic carbocycles. The van der Waals surface area contributed by atoms with Crippen LogP contribution < -0.4 is 10.6 Å². The van der Waals surface area contributed by atoms with Crippen molar-refractivity contribution < 1.29 is 14.3 Å². The van der Waals surface area contributed by atoms with E-state index in [0.717, 1.165) is 50.0 Å². The molecule has 2 aliphatic rings. The molecule has 2 aromatic rings. The average molecular weight is 437 g/mol. The SMILES string of the molecule is Cn1nccc1C(=O)N[C@H](C(=O)Nc1ccc(C2=CCOCC2)cc1)[C@H]1CC[C@H](C)CC1. The summed E-state index contributed by atoms with van der Waals surface area (Å²) >= 11 is 0. The Balaban J connectivity index is 1.47. The first-order valence-electron chi connectivity index (χ1n) is 11.5. The summed E-state index contributed by atoms with van der Waals surface area (Å²) in [5, 5.41) is 10.1. The maximum atomic E-state index is 13.3. The number of carbonyl (C=O) groups is 2. The number of hydrogen-bond donors (Lipinski definition) is 2. The van der Waals surface area contributed by atoms with E-state index in [4.69, 9.17) is 4.74 Å². The smallest absolute Gasteiger partial charge is 0.270 e. The molecule has 1 aliphatic heterocycles. The van der Waals surface area contributed by atoms with Crippen LogP contribution in [0.15, 0.2) is 42.6 Å². The van der Waals surface area contributed by atoms with Crippen LogP contribution in [0.3, 0.4) is 0 Å². The highest BCUT2D eigenvalue weighted by Gasteiger charge is 2.33. The molecule has 1 saturated carbocycles. The molecule has 7 nitrogen and oxygen atoms in total. The van der Waals surface area contributed by atoms with E-state index in [1.54, 1.807) is 19.3 Å². The molecule has 0 bridgehead atoms. The van der Waals surface area contributed by atoms with Crippen molar-refractivity contribution in [1.82, 2.24) is 15.1 Å². The lowest BCUT2D eigenvalue weighted by Gasteiger charge is -2.32. The van der Waals surface area contributed by atoms with E-state index in [0.29, 0.717) is 18.2 Å². The molecule has 0 spiro atoms. The highest BCUT2D eigenvalue weighted by Crippen LogP contribution is 2.31. The van der Waals surface area contributed by atoms with E-state index in [9.17, 15) is 9.59 Å². The van der Waals surface area contributed by atoms with Gasteiger partial charge in [0.05, 0.1) is 13.2 Å². The zero-order chi connectivity index (χ0) is 22.5. The summed E-state index contributed by atoms with van der Waals surface area (Å²) in [7, 11) is 1.72. The Kier molecular flexibility index (Phi) is 7.05. The van der Waals surface area contributed by atoms with Gasteiger partial charge in [0.2, 0.25) is 5.91 Å². The van der Waals surface area contributed by atoms with Gasteiger partial charge in [-0.15, -0.1) is 0 Å². The van der Waals surface area contributed by atoms with E-state index in [1.165, 1.54) is 10.3 Å². The van der Waals surface area contributed by atoms with Gasteiger partial charge in [-0.2, -0.15) is 5.10 Å². The molecule has 170 valence electrons. The van der Waals surface area contributed by atoms with E-state index in [2.05, 4.69) is 28.7 Å². The van der Waals surface area contributed by atoms with Crippen molar-refractivity contribution in [3.8, 4) is 0 Å². The van der Waals surface area contributed by atoms with Gasteiger partial charge >= 0.3 is 0 Å². The Morgan fingerprint density at radius 1 is 1.12 bits per heavy atom. The second kappa shape index (κ2) is 10.1. The maximum Gasteiger partial charge on any atom is 0.270 e. The van der Waals surface area contributed by atoms with Gasteiger partial charge in [0.15, 0.2) is 0 Å². The molecule has 0 unspecified atom stereocenters. The zero-order valence-electron chi connectivity index (χ0n) is 18.8. The van der Waals surface area contributed by atoms with Crippen LogP contribution in [0.4, 0.5) is 5.69 Å². The van der Waals surface area contributed by atoms with Crippen LogP contribution >= 0.6 is 0 Å². The predicted molar refractivity (Wildman–Crippen MR) is 124 cm³/mol. The third-order valence-corrected chi connectivity index (χ3v) is 6.64. The number of amides is 2. The number of carbonyl (C=O) groups excluding carboxylic acids is 2. The van der Waals surface area contributed by atoms with Gasteiger partial charge in [0.25, 0.3) is 5.91 Å². The summed E-state index contributed by atoms with van der Waals surface area (Å²) in [5.74, 6) is 0.341. The first-order valence-corrected chi connectivity index (χ1v) is 11.5. The number of benzene rings is 1. The maximum absolute atomic E-state index is 13.3. The minimum atomic E-state index is -0.581. The minimum Gasteiger partial charge on any atom is -0.377 e. The molecule has 1 aromatic heterocycles. The molecule has 1 atom stereocenters. The molecule has 4 rings (SSSR count). The highest BCUT2D eigenvalue weighted by atomic mass is 16.5. The van der Waals surface area contributed by atoms with Crippen molar-refractivity contribution in [2.24, 2.45) is 18.9 Å². The van der Waals surface area contributed by atoms with Gasteiger partial charge in [-0.25, -0.2) is 0 Å². The van der Waals surface area contributed by atoms with Gasteiger partial charge in [0.1, 0.15) is 11.7 Å². The number of aryl methyl sites for hydroxylation is 1. The average Bonchev–Trinajstić information content (AvgIpc) is 3.25. The fourth-order valence-corrected chi connectivity index (χ4v) is 4.61. The largest absolute Gasteiger partial charge is 0.377 e.